The average Bonchev–Trinajstić information content (AvgIpc) is 2.55. The third-order valence-corrected chi connectivity index (χ3v) is 2.31. The van der Waals surface area contributed by atoms with Crippen LogP contribution in [0.15, 0.2) is 12.2 Å². The molecule has 1 rings (SSSR count). The van der Waals surface area contributed by atoms with E-state index in [4.69, 9.17) is 4.74 Å². The summed E-state index contributed by atoms with van der Waals surface area (Å²) in [6, 6.07) is 0.322. The second-order valence-electron chi connectivity index (χ2n) is 3.59. The van der Waals surface area contributed by atoms with E-state index in [-0.39, 0.29) is 12.1 Å². The summed E-state index contributed by atoms with van der Waals surface area (Å²) in [5.41, 5.74) is 0.463. The zero-order valence-corrected chi connectivity index (χ0v) is 8.30. The molecule has 1 aliphatic heterocycles. The van der Waals surface area contributed by atoms with Gasteiger partial charge in [0, 0.05) is 11.6 Å². The molecule has 3 nitrogen and oxygen atoms in total. The van der Waals surface area contributed by atoms with Crippen molar-refractivity contribution in [3.63, 3.8) is 0 Å². The van der Waals surface area contributed by atoms with Crippen molar-refractivity contribution in [2.75, 3.05) is 6.54 Å². The van der Waals surface area contributed by atoms with E-state index in [0.29, 0.717) is 11.6 Å². The molecule has 1 N–H and O–H groups in total. The van der Waals surface area contributed by atoms with Gasteiger partial charge in [-0.25, -0.2) is 4.79 Å². The SMILES string of the molecule is C=C(C)C(=O)OC(C)C1CCCN1. The standard InChI is InChI=1S/C10H17NO2/c1-7(2)10(12)13-8(3)9-5-4-6-11-9/h8-9,11H,1,4-6H2,2-3H3. The number of carbonyl (C=O) groups excluding carboxylic acids is 1. The minimum absolute atomic E-state index is 0.0494. The maximum atomic E-state index is 11.2. The first-order valence-corrected chi connectivity index (χ1v) is 4.71. The van der Waals surface area contributed by atoms with Crippen LogP contribution in [0.3, 0.4) is 0 Å². The first-order chi connectivity index (χ1) is 6.11. The number of carbonyl (C=O) groups is 1. The molecule has 0 aromatic heterocycles. The Kier molecular flexibility index (Phi) is 3.48. The fourth-order valence-corrected chi connectivity index (χ4v) is 1.46. The second kappa shape index (κ2) is 4.42. The van der Waals surface area contributed by atoms with E-state index in [0.717, 1.165) is 13.0 Å². The summed E-state index contributed by atoms with van der Waals surface area (Å²) >= 11 is 0. The van der Waals surface area contributed by atoms with Gasteiger partial charge in [0.25, 0.3) is 0 Å². The van der Waals surface area contributed by atoms with Gasteiger partial charge in [0.15, 0.2) is 0 Å². The first-order valence-electron chi connectivity index (χ1n) is 4.71. The molecule has 0 aromatic rings. The molecule has 0 saturated carbocycles. The van der Waals surface area contributed by atoms with Crippen LogP contribution in [0.4, 0.5) is 0 Å². The number of ether oxygens (including phenoxy) is 1. The largest absolute Gasteiger partial charge is 0.458 e. The Morgan fingerprint density at radius 3 is 2.85 bits per heavy atom. The van der Waals surface area contributed by atoms with Crippen molar-refractivity contribution in [2.45, 2.75) is 38.8 Å². The minimum atomic E-state index is -0.291. The lowest BCUT2D eigenvalue weighted by molar-refractivity contribution is -0.144. The van der Waals surface area contributed by atoms with Gasteiger partial charge in [-0.3, -0.25) is 0 Å². The highest BCUT2D eigenvalue weighted by atomic mass is 16.5. The van der Waals surface area contributed by atoms with Gasteiger partial charge in [-0.05, 0) is 33.2 Å². The zero-order valence-electron chi connectivity index (χ0n) is 8.30. The molecule has 0 spiro atoms. The van der Waals surface area contributed by atoms with Crippen molar-refractivity contribution in [3.05, 3.63) is 12.2 Å². The van der Waals surface area contributed by atoms with Crippen LogP contribution in [0.2, 0.25) is 0 Å². The molecule has 3 heteroatoms. The molecule has 0 aliphatic carbocycles. The monoisotopic (exact) mass is 183 g/mol. The molecule has 0 amide bonds. The van der Waals surface area contributed by atoms with Gasteiger partial charge in [0.05, 0.1) is 0 Å². The molecule has 1 heterocycles. The zero-order chi connectivity index (χ0) is 9.84. The molecule has 2 unspecified atom stereocenters. The summed E-state index contributed by atoms with van der Waals surface area (Å²) in [6.45, 7) is 8.15. The Bertz CT molecular complexity index is 207. The highest BCUT2D eigenvalue weighted by Crippen LogP contribution is 2.12. The third-order valence-electron chi connectivity index (χ3n) is 2.31. The number of esters is 1. The lowest BCUT2D eigenvalue weighted by atomic mass is 10.1. The van der Waals surface area contributed by atoms with Gasteiger partial charge < -0.3 is 10.1 Å². The van der Waals surface area contributed by atoms with E-state index in [1.807, 2.05) is 6.92 Å². The van der Waals surface area contributed by atoms with Gasteiger partial charge in [0.1, 0.15) is 6.10 Å². The van der Waals surface area contributed by atoms with Crippen LogP contribution in [-0.2, 0) is 9.53 Å². The van der Waals surface area contributed by atoms with Gasteiger partial charge in [-0.2, -0.15) is 0 Å². The van der Waals surface area contributed by atoms with Crippen molar-refractivity contribution >= 4 is 5.97 Å². The lowest BCUT2D eigenvalue weighted by Crippen LogP contribution is -2.36. The van der Waals surface area contributed by atoms with Crippen LogP contribution in [0.1, 0.15) is 26.7 Å². The molecule has 2 atom stereocenters. The lowest BCUT2D eigenvalue weighted by Gasteiger charge is -2.19. The predicted molar refractivity (Wildman–Crippen MR) is 51.4 cm³/mol. The summed E-state index contributed by atoms with van der Waals surface area (Å²) in [7, 11) is 0. The normalized spacial score (nSPS) is 24.0. The average molecular weight is 183 g/mol. The predicted octanol–water partition coefficient (Wildman–Crippen LogP) is 1.25. The van der Waals surface area contributed by atoms with E-state index < -0.39 is 0 Å². The summed E-state index contributed by atoms with van der Waals surface area (Å²) in [6.07, 6.45) is 2.20. The molecule has 1 fully saturated rings. The van der Waals surface area contributed by atoms with Crippen LogP contribution in [0.25, 0.3) is 0 Å². The molecule has 1 aliphatic rings. The van der Waals surface area contributed by atoms with E-state index in [2.05, 4.69) is 11.9 Å². The van der Waals surface area contributed by atoms with E-state index in [9.17, 15) is 4.79 Å². The summed E-state index contributed by atoms with van der Waals surface area (Å²) in [5.74, 6) is -0.291. The molecule has 0 radical (unpaired) electrons. The van der Waals surface area contributed by atoms with Crippen LogP contribution in [-0.4, -0.2) is 24.7 Å². The molecule has 0 aromatic carbocycles. The fourth-order valence-electron chi connectivity index (χ4n) is 1.46. The van der Waals surface area contributed by atoms with Gasteiger partial charge in [-0.1, -0.05) is 6.58 Å². The fraction of sp³-hybridized carbons (Fsp3) is 0.700. The third kappa shape index (κ3) is 2.84. The smallest absolute Gasteiger partial charge is 0.333 e. The van der Waals surface area contributed by atoms with Crippen molar-refractivity contribution in [2.24, 2.45) is 0 Å². The van der Waals surface area contributed by atoms with Crippen molar-refractivity contribution in [1.82, 2.24) is 5.32 Å². The summed E-state index contributed by atoms with van der Waals surface area (Å²) in [5, 5.41) is 3.29. The maximum Gasteiger partial charge on any atom is 0.333 e. The van der Waals surface area contributed by atoms with E-state index >= 15 is 0 Å². The maximum absolute atomic E-state index is 11.2. The molecule has 1 saturated heterocycles. The first kappa shape index (κ1) is 10.3. The molecular formula is C10H17NO2. The Labute approximate surface area is 79.2 Å². The quantitative estimate of drug-likeness (QED) is 0.528. The number of hydrogen-bond acceptors (Lipinski definition) is 3. The van der Waals surface area contributed by atoms with Crippen LogP contribution < -0.4 is 5.32 Å². The van der Waals surface area contributed by atoms with Gasteiger partial charge in [-0.15, -0.1) is 0 Å². The van der Waals surface area contributed by atoms with Gasteiger partial charge >= 0.3 is 5.97 Å². The van der Waals surface area contributed by atoms with E-state index in [1.54, 1.807) is 6.92 Å². The van der Waals surface area contributed by atoms with Crippen molar-refractivity contribution < 1.29 is 9.53 Å². The van der Waals surface area contributed by atoms with Crippen LogP contribution in [0, 0.1) is 0 Å². The molecular weight excluding hydrogens is 166 g/mol. The van der Waals surface area contributed by atoms with Crippen molar-refractivity contribution in [3.8, 4) is 0 Å². The Morgan fingerprint density at radius 2 is 2.38 bits per heavy atom. The number of rotatable bonds is 3. The highest BCUT2D eigenvalue weighted by Gasteiger charge is 2.23. The highest BCUT2D eigenvalue weighted by molar-refractivity contribution is 5.87. The van der Waals surface area contributed by atoms with Crippen LogP contribution in [0.5, 0.6) is 0 Å². The van der Waals surface area contributed by atoms with Gasteiger partial charge in [0.2, 0.25) is 0 Å². The minimum Gasteiger partial charge on any atom is -0.458 e. The number of nitrogens with one attached hydrogen (secondary N) is 1. The topological polar surface area (TPSA) is 38.3 Å². The van der Waals surface area contributed by atoms with Crippen LogP contribution >= 0.6 is 0 Å². The molecule has 0 bridgehead atoms. The molecule has 74 valence electrons. The van der Waals surface area contributed by atoms with Crippen molar-refractivity contribution in [1.29, 1.82) is 0 Å². The Balaban J connectivity index is 2.35. The molecule has 13 heavy (non-hydrogen) atoms. The Morgan fingerprint density at radius 1 is 1.69 bits per heavy atom. The summed E-state index contributed by atoms with van der Waals surface area (Å²) in [4.78, 5) is 11.2. The van der Waals surface area contributed by atoms with E-state index in [1.165, 1.54) is 6.42 Å². The summed E-state index contributed by atoms with van der Waals surface area (Å²) < 4.78 is 5.19. The number of hydrogen-bond donors (Lipinski definition) is 1. The second-order valence-corrected chi connectivity index (χ2v) is 3.59. The Hall–Kier alpha value is -0.830.